The number of amides is 1. The van der Waals surface area contributed by atoms with Crippen LogP contribution in [0, 0.1) is 10.1 Å². The topological polar surface area (TPSA) is 101 Å². The largest absolute Gasteiger partial charge is 0.362 e. The number of rotatable bonds is 4. The Bertz CT molecular complexity index is 1030. The van der Waals surface area contributed by atoms with Gasteiger partial charge in [-0.3, -0.25) is 14.9 Å². The molecule has 1 fully saturated rings. The van der Waals surface area contributed by atoms with E-state index < -0.39 is 14.8 Å². The summed E-state index contributed by atoms with van der Waals surface area (Å²) in [5, 5.41) is 11.6. The summed E-state index contributed by atoms with van der Waals surface area (Å²) in [6.07, 6.45) is 1.09. The molecule has 0 saturated carbocycles. The summed E-state index contributed by atoms with van der Waals surface area (Å²) in [7, 11) is -3.40. The maximum absolute atomic E-state index is 12.7. The molecule has 28 heavy (non-hydrogen) atoms. The highest BCUT2D eigenvalue weighted by Crippen LogP contribution is 2.31. The molecule has 1 heterocycles. The van der Waals surface area contributed by atoms with Gasteiger partial charge in [0.05, 0.1) is 9.82 Å². The Balaban J connectivity index is 1.74. The van der Waals surface area contributed by atoms with Crippen LogP contribution in [0.1, 0.15) is 10.4 Å². The van der Waals surface area contributed by atoms with Gasteiger partial charge in [0.15, 0.2) is 9.84 Å². The van der Waals surface area contributed by atoms with Crippen LogP contribution < -0.4 is 4.90 Å². The van der Waals surface area contributed by atoms with Crippen molar-refractivity contribution in [1.29, 1.82) is 0 Å². The standard InChI is InChI=1S/C18H18ClN3O5S/c1-28(26,27)15-4-2-3-13(11-15)18(23)21-9-7-20(8-10-21)16-6-5-14(19)12-17(16)22(24)25/h2-6,11-12H,7-10H2,1H3. The van der Waals surface area contributed by atoms with Crippen molar-refractivity contribution in [2.24, 2.45) is 0 Å². The minimum Gasteiger partial charge on any atom is -0.362 e. The molecule has 0 atom stereocenters. The Labute approximate surface area is 167 Å². The van der Waals surface area contributed by atoms with E-state index in [-0.39, 0.29) is 21.5 Å². The number of benzene rings is 2. The Morgan fingerprint density at radius 1 is 1.11 bits per heavy atom. The fourth-order valence-corrected chi connectivity index (χ4v) is 3.94. The number of nitrogens with zero attached hydrogens (tertiary/aromatic N) is 3. The lowest BCUT2D eigenvalue weighted by molar-refractivity contribution is -0.384. The Hall–Kier alpha value is -2.65. The summed E-state index contributed by atoms with van der Waals surface area (Å²) in [4.78, 5) is 27.1. The number of hydrogen-bond acceptors (Lipinski definition) is 6. The van der Waals surface area contributed by atoms with Crippen molar-refractivity contribution in [3.05, 3.63) is 63.2 Å². The molecule has 1 aliphatic rings. The molecule has 2 aromatic rings. The van der Waals surface area contributed by atoms with E-state index >= 15 is 0 Å². The van der Waals surface area contributed by atoms with Gasteiger partial charge in [-0.1, -0.05) is 17.7 Å². The van der Waals surface area contributed by atoms with Crippen molar-refractivity contribution in [3.63, 3.8) is 0 Å². The number of piperazine rings is 1. The highest BCUT2D eigenvalue weighted by atomic mass is 35.5. The molecular formula is C18H18ClN3O5S. The van der Waals surface area contributed by atoms with Gasteiger partial charge in [0.25, 0.3) is 11.6 Å². The second kappa shape index (κ2) is 7.76. The number of anilines is 1. The number of halogens is 1. The first-order chi connectivity index (χ1) is 13.2. The molecule has 0 bridgehead atoms. The van der Waals surface area contributed by atoms with Crippen LogP contribution in [0.25, 0.3) is 0 Å². The van der Waals surface area contributed by atoms with Crippen molar-refractivity contribution in [2.45, 2.75) is 4.90 Å². The summed E-state index contributed by atoms with van der Waals surface area (Å²) in [6, 6.07) is 10.4. The molecule has 1 amide bonds. The molecule has 0 aromatic heterocycles. The van der Waals surface area contributed by atoms with Gasteiger partial charge in [0.1, 0.15) is 5.69 Å². The van der Waals surface area contributed by atoms with Crippen LogP contribution in [-0.2, 0) is 9.84 Å². The minimum atomic E-state index is -3.40. The smallest absolute Gasteiger partial charge is 0.294 e. The fraction of sp³-hybridized carbons (Fsp3) is 0.278. The number of nitro benzene ring substituents is 1. The molecule has 0 radical (unpaired) electrons. The van der Waals surface area contributed by atoms with Gasteiger partial charge in [-0.15, -0.1) is 0 Å². The molecular weight excluding hydrogens is 406 g/mol. The number of carbonyl (C=O) groups excluding carboxylic acids is 1. The first kappa shape index (κ1) is 20.1. The van der Waals surface area contributed by atoms with E-state index in [2.05, 4.69) is 0 Å². The van der Waals surface area contributed by atoms with Crippen LogP contribution in [-0.4, -0.2) is 56.6 Å². The summed E-state index contributed by atoms with van der Waals surface area (Å²) in [6.45, 7) is 1.56. The third-order valence-electron chi connectivity index (χ3n) is 4.55. The van der Waals surface area contributed by atoms with Crippen LogP contribution in [0.5, 0.6) is 0 Å². The number of hydrogen-bond donors (Lipinski definition) is 0. The average Bonchev–Trinajstić information content (AvgIpc) is 2.67. The normalized spacial score (nSPS) is 14.8. The lowest BCUT2D eigenvalue weighted by atomic mass is 10.1. The summed E-state index contributed by atoms with van der Waals surface area (Å²) < 4.78 is 23.4. The van der Waals surface area contributed by atoms with Gasteiger partial charge >= 0.3 is 0 Å². The van der Waals surface area contributed by atoms with E-state index in [1.165, 1.54) is 24.3 Å². The van der Waals surface area contributed by atoms with E-state index in [1.54, 1.807) is 23.1 Å². The second-order valence-electron chi connectivity index (χ2n) is 6.47. The van der Waals surface area contributed by atoms with Gasteiger partial charge in [0.2, 0.25) is 0 Å². The van der Waals surface area contributed by atoms with Gasteiger partial charge in [-0.25, -0.2) is 8.42 Å². The molecule has 0 N–H and O–H groups in total. The van der Waals surface area contributed by atoms with Crippen LogP contribution in [0.3, 0.4) is 0 Å². The molecule has 8 nitrogen and oxygen atoms in total. The highest BCUT2D eigenvalue weighted by Gasteiger charge is 2.27. The molecule has 0 spiro atoms. The third kappa shape index (κ3) is 4.26. The zero-order valence-electron chi connectivity index (χ0n) is 15.0. The van der Waals surface area contributed by atoms with Crippen LogP contribution >= 0.6 is 11.6 Å². The Morgan fingerprint density at radius 2 is 1.79 bits per heavy atom. The predicted molar refractivity (Wildman–Crippen MR) is 106 cm³/mol. The molecule has 10 heteroatoms. The van der Waals surface area contributed by atoms with Crippen molar-refractivity contribution in [1.82, 2.24) is 4.90 Å². The maximum Gasteiger partial charge on any atom is 0.294 e. The van der Waals surface area contributed by atoms with E-state index in [0.717, 1.165) is 6.26 Å². The first-order valence-corrected chi connectivity index (χ1v) is 10.7. The molecule has 1 saturated heterocycles. The van der Waals surface area contributed by atoms with Crippen molar-refractivity contribution in [3.8, 4) is 0 Å². The van der Waals surface area contributed by atoms with Crippen molar-refractivity contribution in [2.75, 3.05) is 37.3 Å². The zero-order chi connectivity index (χ0) is 20.5. The van der Waals surface area contributed by atoms with E-state index in [0.29, 0.717) is 37.4 Å². The summed E-state index contributed by atoms with van der Waals surface area (Å²) in [5.74, 6) is -0.268. The summed E-state index contributed by atoms with van der Waals surface area (Å²) in [5.41, 5.74) is 0.683. The van der Waals surface area contributed by atoms with Gasteiger partial charge in [-0.2, -0.15) is 0 Å². The van der Waals surface area contributed by atoms with Crippen molar-refractivity contribution >= 4 is 38.7 Å². The number of nitro groups is 1. The van der Waals surface area contributed by atoms with E-state index in [9.17, 15) is 23.3 Å². The SMILES string of the molecule is CS(=O)(=O)c1cccc(C(=O)N2CCN(c3ccc(Cl)cc3[N+](=O)[O-])CC2)c1. The predicted octanol–water partition coefficient (Wildman–Crippen LogP) is 2.61. The Kier molecular flexibility index (Phi) is 5.57. The Morgan fingerprint density at radius 3 is 2.39 bits per heavy atom. The molecule has 148 valence electrons. The fourth-order valence-electron chi connectivity index (χ4n) is 3.10. The van der Waals surface area contributed by atoms with Crippen LogP contribution in [0.4, 0.5) is 11.4 Å². The molecule has 1 aliphatic heterocycles. The average molecular weight is 424 g/mol. The van der Waals surface area contributed by atoms with Gasteiger partial charge in [-0.05, 0) is 30.3 Å². The zero-order valence-corrected chi connectivity index (χ0v) is 16.6. The molecule has 3 rings (SSSR count). The van der Waals surface area contributed by atoms with Gasteiger partial charge < -0.3 is 9.80 Å². The monoisotopic (exact) mass is 423 g/mol. The molecule has 0 aliphatic carbocycles. The molecule has 2 aromatic carbocycles. The van der Waals surface area contributed by atoms with E-state index in [4.69, 9.17) is 11.6 Å². The number of sulfone groups is 1. The van der Waals surface area contributed by atoms with Gasteiger partial charge in [0, 0.05) is 49.1 Å². The quantitative estimate of drug-likeness (QED) is 0.553. The summed E-state index contributed by atoms with van der Waals surface area (Å²) >= 11 is 5.86. The van der Waals surface area contributed by atoms with Crippen LogP contribution in [0.2, 0.25) is 5.02 Å². The lowest BCUT2D eigenvalue weighted by Crippen LogP contribution is -2.49. The number of carbonyl (C=O) groups is 1. The van der Waals surface area contributed by atoms with E-state index in [1.807, 2.05) is 4.90 Å². The second-order valence-corrected chi connectivity index (χ2v) is 8.92. The minimum absolute atomic E-state index is 0.0758. The van der Waals surface area contributed by atoms with Crippen LogP contribution in [0.15, 0.2) is 47.4 Å². The maximum atomic E-state index is 12.7. The lowest BCUT2D eigenvalue weighted by Gasteiger charge is -2.35. The first-order valence-electron chi connectivity index (χ1n) is 8.45. The molecule has 0 unspecified atom stereocenters. The van der Waals surface area contributed by atoms with Crippen molar-refractivity contribution < 1.29 is 18.1 Å². The third-order valence-corrected chi connectivity index (χ3v) is 5.90. The highest BCUT2D eigenvalue weighted by molar-refractivity contribution is 7.90.